The minimum Gasteiger partial charge on any atom is -0.431 e. The van der Waals surface area contributed by atoms with Crippen LogP contribution in [0.3, 0.4) is 0 Å². The Balaban J connectivity index is 1.05. The molecule has 4 aliphatic heterocycles. The zero-order valence-electron chi connectivity index (χ0n) is 26.6. The van der Waals surface area contributed by atoms with Crippen LogP contribution in [-0.4, -0.2) is 113 Å². The fourth-order valence-corrected chi connectivity index (χ4v) is 8.20. The highest BCUT2D eigenvalue weighted by Crippen LogP contribution is 2.57. The number of nitrogen functional groups attached to an aromatic ring is 1. The summed E-state index contributed by atoms with van der Waals surface area (Å²) in [4.78, 5) is 46.4. The summed E-state index contributed by atoms with van der Waals surface area (Å²) in [6.07, 6.45) is -2.38. The summed E-state index contributed by atoms with van der Waals surface area (Å²) >= 11 is 4.20. The number of nitrogens with one attached hydrogen (secondary N) is 2. The van der Waals surface area contributed by atoms with Gasteiger partial charge in [0.1, 0.15) is 67.2 Å². The monoisotopic (exact) mass is 748 g/mol. The van der Waals surface area contributed by atoms with E-state index in [1.165, 1.54) is 17.2 Å². The van der Waals surface area contributed by atoms with Crippen LogP contribution >= 0.6 is 19.0 Å². The molecule has 51 heavy (non-hydrogen) atoms. The van der Waals surface area contributed by atoms with Crippen molar-refractivity contribution in [1.29, 1.82) is 0 Å². The van der Waals surface area contributed by atoms with Gasteiger partial charge < -0.3 is 50.1 Å². The lowest BCUT2D eigenvalue weighted by atomic mass is 10.1. The maximum atomic E-state index is 13.6. The van der Waals surface area contributed by atoms with Crippen LogP contribution in [0.5, 0.6) is 0 Å². The van der Waals surface area contributed by atoms with Crippen LogP contribution in [0.15, 0.2) is 18.9 Å². The molecule has 1 amide bonds. The largest absolute Gasteiger partial charge is 0.508 e. The molecule has 2 bridgehead atoms. The van der Waals surface area contributed by atoms with E-state index >= 15 is 0 Å². The number of nitrogens with two attached hydrogens (primary N) is 1. The van der Waals surface area contributed by atoms with E-state index in [1.54, 1.807) is 0 Å². The van der Waals surface area contributed by atoms with Crippen molar-refractivity contribution in [2.75, 3.05) is 37.4 Å². The molecule has 3 saturated heterocycles. The zero-order valence-corrected chi connectivity index (χ0v) is 28.4. The Morgan fingerprint density at radius 1 is 1.14 bits per heavy atom. The van der Waals surface area contributed by atoms with E-state index in [1.807, 2.05) is 10.8 Å². The zero-order chi connectivity index (χ0) is 35.4. The van der Waals surface area contributed by atoms with Gasteiger partial charge in [-0.15, -0.1) is 0 Å². The fourth-order valence-electron chi connectivity index (χ4n) is 6.68. The lowest BCUT2D eigenvalue weighted by molar-refractivity contribution is -0.124. The van der Waals surface area contributed by atoms with Gasteiger partial charge >= 0.3 is 13.0 Å². The Bertz CT molecular complexity index is 2050. The summed E-state index contributed by atoms with van der Waals surface area (Å²) in [6, 6.07) is 0. The molecule has 8 heterocycles. The lowest BCUT2D eigenvalue weighted by Crippen LogP contribution is -2.37. The summed E-state index contributed by atoms with van der Waals surface area (Å²) in [5, 5.41) is 26.9. The number of amides is 1. The summed E-state index contributed by atoms with van der Waals surface area (Å²) in [5.41, 5.74) is 8.06. The van der Waals surface area contributed by atoms with Crippen LogP contribution in [0.4, 0.5) is 16.4 Å². The number of aliphatic hydroxyl groups excluding tert-OH is 2. The van der Waals surface area contributed by atoms with E-state index in [-0.39, 0.29) is 42.4 Å². The Kier molecular flexibility index (Phi) is 8.95. The second-order valence-electron chi connectivity index (χ2n) is 12.3. The molecule has 4 aromatic rings. The molecule has 8 atom stereocenters. The number of carbonyl (C=O) groups excluding carboxylic acids is 2. The molecule has 0 radical (unpaired) electrons. The molecular formula is C28H33N10O11PS. The van der Waals surface area contributed by atoms with Crippen molar-refractivity contribution in [3.8, 4) is 0 Å². The number of thiol groups is 1. The number of hydrogen-bond donors (Lipinski definition) is 6. The second-order valence-corrected chi connectivity index (χ2v) is 15.1. The van der Waals surface area contributed by atoms with Crippen LogP contribution in [0.25, 0.3) is 22.2 Å². The number of anilines is 2. The average molecular weight is 749 g/mol. The predicted molar refractivity (Wildman–Crippen MR) is 175 cm³/mol. The molecule has 0 spiro atoms. The first kappa shape index (κ1) is 34.0. The van der Waals surface area contributed by atoms with E-state index in [0.29, 0.717) is 5.65 Å². The SMILES string of the molecule is Nc1nc(CNC(=O)CO)nc2c1ncn2[C@@H]1O[C@@H]2COP(=O)(S)O[C@H]3C[C@H](n4cc5c6c(ncnc64)NCCC5)O[C@@H]3COC(=O)O[C@@H]1[C@@H]2O. The van der Waals surface area contributed by atoms with Gasteiger partial charge in [0.05, 0.1) is 24.9 Å². The maximum absolute atomic E-state index is 13.6. The number of nitrogens with zero attached hydrogens (tertiary/aromatic N) is 7. The van der Waals surface area contributed by atoms with E-state index < -0.39 is 75.0 Å². The average Bonchev–Trinajstić information content (AvgIpc) is 3.84. The van der Waals surface area contributed by atoms with Gasteiger partial charge in [0.15, 0.2) is 29.6 Å². The van der Waals surface area contributed by atoms with Crippen LogP contribution in [0.2, 0.25) is 0 Å². The summed E-state index contributed by atoms with van der Waals surface area (Å²) < 4.78 is 51.8. The fraction of sp³-hybridized carbons (Fsp3) is 0.536. The van der Waals surface area contributed by atoms with E-state index in [0.717, 1.165) is 36.2 Å². The van der Waals surface area contributed by atoms with Gasteiger partial charge in [0.2, 0.25) is 5.91 Å². The highest BCUT2D eigenvalue weighted by molar-refractivity contribution is 8.44. The number of imidazole rings is 1. The normalized spacial score (nSPS) is 31.0. The van der Waals surface area contributed by atoms with Crippen molar-refractivity contribution in [2.45, 2.75) is 68.8 Å². The third-order valence-electron chi connectivity index (χ3n) is 9.03. The smallest absolute Gasteiger partial charge is 0.431 e. The number of hydrogen-bond acceptors (Lipinski definition) is 18. The highest BCUT2D eigenvalue weighted by Gasteiger charge is 2.50. The van der Waals surface area contributed by atoms with E-state index in [2.05, 4.69) is 47.8 Å². The van der Waals surface area contributed by atoms with Gasteiger partial charge in [-0.1, -0.05) is 12.2 Å². The van der Waals surface area contributed by atoms with Gasteiger partial charge in [0.25, 0.3) is 0 Å². The molecule has 0 aromatic carbocycles. The molecule has 0 saturated carbocycles. The van der Waals surface area contributed by atoms with Gasteiger partial charge in [0, 0.05) is 19.2 Å². The number of rotatable bonds is 5. The quantitative estimate of drug-likeness (QED) is 0.0912. The summed E-state index contributed by atoms with van der Waals surface area (Å²) in [7, 11) is 0. The molecule has 3 fully saturated rings. The first-order valence-electron chi connectivity index (χ1n) is 16.0. The van der Waals surface area contributed by atoms with Gasteiger partial charge in [-0.05, 0) is 18.4 Å². The number of cyclic esters (lactones) is 1. The first-order valence-corrected chi connectivity index (χ1v) is 18.7. The molecule has 8 rings (SSSR count). The Morgan fingerprint density at radius 2 is 2.00 bits per heavy atom. The standard InChI is InChI=1S/C28H33N10O11PS/c29-23-20-26(36-16(35-23)5-31-17(40)7-39)38(11-34-20)27-22-21(41)15(47-27)9-45-50(43,51)49-13-4-18(46-14(13)8-44-28(42)48-22)37-6-12-2-1-3-30-24-19(12)25(37)33-10-32-24/h6,10-11,13-15,18,21-22,27,39,41H,1-5,7-9H2,(H,31,40)(H,43,51)(H2,29,35,36)(H,30,32,33)/t13-,14+,15+,18+,21+,22+,27+,50?/m0/s1. The molecule has 4 aliphatic rings. The van der Waals surface area contributed by atoms with Crippen molar-refractivity contribution in [3.63, 3.8) is 0 Å². The molecular weight excluding hydrogens is 715 g/mol. The Hall–Kier alpha value is -4.15. The minimum atomic E-state index is -4.13. The van der Waals surface area contributed by atoms with Crippen molar-refractivity contribution in [1.82, 2.24) is 39.4 Å². The van der Waals surface area contributed by atoms with Crippen molar-refractivity contribution < 1.29 is 52.4 Å². The Morgan fingerprint density at radius 3 is 2.84 bits per heavy atom. The molecule has 21 nitrogen and oxygen atoms in total. The minimum absolute atomic E-state index is 0.0288. The molecule has 272 valence electrons. The number of aliphatic hydroxyl groups is 2. The van der Waals surface area contributed by atoms with Gasteiger partial charge in [-0.2, -0.15) is 0 Å². The number of ether oxygens (including phenoxy) is 4. The van der Waals surface area contributed by atoms with Crippen molar-refractivity contribution in [3.05, 3.63) is 30.2 Å². The number of aromatic nitrogens is 7. The van der Waals surface area contributed by atoms with Crippen LogP contribution in [0, 0.1) is 0 Å². The lowest BCUT2D eigenvalue weighted by Gasteiger charge is -2.24. The molecule has 4 aromatic heterocycles. The number of aryl methyl sites for hydroxylation is 1. The third-order valence-corrected chi connectivity index (χ3v) is 10.7. The summed E-state index contributed by atoms with van der Waals surface area (Å²) in [6.45, 7) is -5.10. The molecule has 1 unspecified atom stereocenters. The van der Waals surface area contributed by atoms with Gasteiger partial charge in [-0.3, -0.25) is 18.4 Å². The van der Waals surface area contributed by atoms with Gasteiger partial charge in [-0.25, -0.2) is 34.3 Å². The third kappa shape index (κ3) is 6.46. The second kappa shape index (κ2) is 13.4. The maximum Gasteiger partial charge on any atom is 0.508 e. The van der Waals surface area contributed by atoms with Crippen molar-refractivity contribution in [2.24, 2.45) is 0 Å². The molecule has 6 N–H and O–H groups in total. The number of fused-ring (bicyclic) bond motifs is 4. The van der Waals surface area contributed by atoms with Crippen LogP contribution < -0.4 is 16.4 Å². The number of carbonyl (C=O) groups is 2. The summed E-state index contributed by atoms with van der Waals surface area (Å²) in [5.74, 6) is 0.121. The van der Waals surface area contributed by atoms with Crippen LogP contribution in [0.1, 0.15) is 36.7 Å². The topological polar surface area (TPSA) is 271 Å². The highest BCUT2D eigenvalue weighted by atomic mass is 32.7. The predicted octanol–water partition coefficient (Wildman–Crippen LogP) is 0.341. The van der Waals surface area contributed by atoms with E-state index in [9.17, 15) is 19.3 Å². The Labute approximate surface area is 292 Å². The molecule has 0 aliphatic carbocycles. The molecule has 23 heteroatoms. The van der Waals surface area contributed by atoms with Crippen molar-refractivity contribution >= 4 is 64.9 Å². The first-order chi connectivity index (χ1) is 24.6. The van der Waals surface area contributed by atoms with Crippen LogP contribution in [-0.2, 0) is 50.3 Å². The van der Waals surface area contributed by atoms with E-state index in [4.69, 9.17) is 38.8 Å².